The molecule has 2 rings (SSSR count). The Morgan fingerprint density at radius 2 is 2.28 bits per heavy atom. The second-order valence-corrected chi connectivity index (χ2v) is 5.93. The summed E-state index contributed by atoms with van der Waals surface area (Å²) in [7, 11) is 1.51. The SMILES string of the molecule is COc1cc(F)c(Br)cc1C(Cl)C1(C)CCCO1. The van der Waals surface area contributed by atoms with Crippen molar-refractivity contribution in [3.63, 3.8) is 0 Å². The molecule has 2 nitrogen and oxygen atoms in total. The lowest BCUT2D eigenvalue weighted by Gasteiger charge is -2.30. The lowest BCUT2D eigenvalue weighted by atomic mass is 9.92. The molecule has 1 aliphatic heterocycles. The number of halogens is 3. The molecule has 100 valence electrons. The van der Waals surface area contributed by atoms with Crippen molar-refractivity contribution >= 4 is 27.5 Å². The first-order valence-corrected chi connectivity index (χ1v) is 7.02. The van der Waals surface area contributed by atoms with Crippen molar-refractivity contribution in [1.82, 2.24) is 0 Å². The Bertz CT molecular complexity index is 447. The third kappa shape index (κ3) is 2.51. The molecule has 2 unspecified atom stereocenters. The van der Waals surface area contributed by atoms with E-state index in [4.69, 9.17) is 21.1 Å². The van der Waals surface area contributed by atoms with Crippen LogP contribution in [0.5, 0.6) is 5.75 Å². The summed E-state index contributed by atoms with van der Waals surface area (Å²) in [4.78, 5) is 0. The number of hydrogen-bond acceptors (Lipinski definition) is 2. The second-order valence-electron chi connectivity index (χ2n) is 4.64. The molecule has 0 spiro atoms. The molecule has 0 amide bonds. The highest BCUT2D eigenvalue weighted by Crippen LogP contribution is 2.45. The standard InChI is InChI=1S/C13H15BrClFO2/c1-13(4-3-5-18-13)12(15)8-6-9(14)10(16)7-11(8)17-2/h6-7,12H,3-5H2,1-2H3. The van der Waals surface area contributed by atoms with E-state index >= 15 is 0 Å². The topological polar surface area (TPSA) is 18.5 Å². The maximum atomic E-state index is 13.5. The second kappa shape index (κ2) is 5.35. The molecule has 2 atom stereocenters. The van der Waals surface area contributed by atoms with Gasteiger partial charge in [0.15, 0.2) is 0 Å². The van der Waals surface area contributed by atoms with E-state index in [1.165, 1.54) is 13.2 Å². The van der Waals surface area contributed by atoms with E-state index in [0.717, 1.165) is 18.4 Å². The summed E-state index contributed by atoms with van der Waals surface area (Å²) in [6.45, 7) is 2.69. The van der Waals surface area contributed by atoms with Crippen LogP contribution in [-0.2, 0) is 4.74 Å². The van der Waals surface area contributed by atoms with E-state index in [0.29, 0.717) is 16.8 Å². The third-order valence-electron chi connectivity index (χ3n) is 3.33. The highest BCUT2D eigenvalue weighted by atomic mass is 79.9. The van der Waals surface area contributed by atoms with Crippen LogP contribution in [0.3, 0.4) is 0 Å². The van der Waals surface area contributed by atoms with Gasteiger partial charge in [0.25, 0.3) is 0 Å². The first-order valence-electron chi connectivity index (χ1n) is 5.79. The molecule has 0 radical (unpaired) electrons. The van der Waals surface area contributed by atoms with Gasteiger partial charge in [0.2, 0.25) is 0 Å². The molecular formula is C13H15BrClFO2. The molecule has 0 saturated carbocycles. The fourth-order valence-electron chi connectivity index (χ4n) is 2.25. The summed E-state index contributed by atoms with van der Waals surface area (Å²) in [5.74, 6) is 0.0874. The predicted molar refractivity (Wildman–Crippen MR) is 72.8 cm³/mol. The van der Waals surface area contributed by atoms with E-state index in [1.807, 2.05) is 6.92 Å². The van der Waals surface area contributed by atoms with E-state index in [9.17, 15) is 4.39 Å². The van der Waals surface area contributed by atoms with Crippen LogP contribution < -0.4 is 4.74 Å². The quantitative estimate of drug-likeness (QED) is 0.759. The van der Waals surface area contributed by atoms with Gasteiger partial charge in [0.05, 0.1) is 22.6 Å². The van der Waals surface area contributed by atoms with E-state index in [-0.39, 0.29) is 11.2 Å². The normalized spacial score (nSPS) is 25.2. The summed E-state index contributed by atoms with van der Waals surface area (Å²) in [5.41, 5.74) is 0.323. The Hall–Kier alpha value is -0.320. The molecule has 1 saturated heterocycles. The van der Waals surface area contributed by atoms with Crippen LogP contribution in [-0.4, -0.2) is 19.3 Å². The predicted octanol–water partition coefficient (Wildman–Crippen LogP) is 4.45. The van der Waals surface area contributed by atoms with Gasteiger partial charge < -0.3 is 9.47 Å². The Balaban J connectivity index is 2.40. The molecule has 1 aromatic rings. The van der Waals surface area contributed by atoms with E-state index in [1.54, 1.807) is 6.07 Å². The zero-order valence-corrected chi connectivity index (χ0v) is 12.6. The third-order valence-corrected chi connectivity index (χ3v) is 4.64. The van der Waals surface area contributed by atoms with Crippen LogP contribution >= 0.6 is 27.5 Å². The lowest BCUT2D eigenvalue weighted by Crippen LogP contribution is -2.29. The molecule has 1 aliphatic rings. The van der Waals surface area contributed by atoms with Crippen molar-refractivity contribution in [1.29, 1.82) is 0 Å². The van der Waals surface area contributed by atoms with Crippen LogP contribution in [0, 0.1) is 5.82 Å². The fourth-order valence-corrected chi connectivity index (χ4v) is 2.95. The molecule has 1 aromatic carbocycles. The Kier molecular flexibility index (Phi) is 4.19. The van der Waals surface area contributed by atoms with Gasteiger partial charge >= 0.3 is 0 Å². The summed E-state index contributed by atoms with van der Waals surface area (Å²) in [5, 5.41) is -0.369. The Labute approximate surface area is 120 Å². The maximum Gasteiger partial charge on any atom is 0.141 e. The highest BCUT2D eigenvalue weighted by molar-refractivity contribution is 9.10. The summed E-state index contributed by atoms with van der Waals surface area (Å²) >= 11 is 9.69. The first-order chi connectivity index (χ1) is 8.48. The molecule has 0 aliphatic carbocycles. The minimum Gasteiger partial charge on any atom is -0.496 e. The van der Waals surface area contributed by atoms with E-state index < -0.39 is 5.60 Å². The van der Waals surface area contributed by atoms with Crippen LogP contribution in [0.4, 0.5) is 4.39 Å². The Morgan fingerprint density at radius 3 is 2.83 bits per heavy atom. The van der Waals surface area contributed by atoms with Crippen molar-refractivity contribution in [2.75, 3.05) is 13.7 Å². The molecule has 1 heterocycles. The van der Waals surface area contributed by atoms with Gasteiger partial charge in [-0.1, -0.05) is 0 Å². The van der Waals surface area contributed by atoms with Crippen molar-refractivity contribution in [3.05, 3.63) is 28.0 Å². The van der Waals surface area contributed by atoms with Crippen molar-refractivity contribution in [2.45, 2.75) is 30.7 Å². The van der Waals surface area contributed by atoms with Crippen LogP contribution in [0.15, 0.2) is 16.6 Å². The number of benzene rings is 1. The van der Waals surface area contributed by atoms with Gasteiger partial charge in [-0.2, -0.15) is 0 Å². The fraction of sp³-hybridized carbons (Fsp3) is 0.538. The molecule has 18 heavy (non-hydrogen) atoms. The monoisotopic (exact) mass is 336 g/mol. The minimum atomic E-state index is -0.424. The largest absolute Gasteiger partial charge is 0.496 e. The summed E-state index contributed by atoms with van der Waals surface area (Å²) in [6.07, 6.45) is 1.88. The summed E-state index contributed by atoms with van der Waals surface area (Å²) in [6, 6.07) is 3.01. The average molecular weight is 338 g/mol. The van der Waals surface area contributed by atoms with Gasteiger partial charge in [0.1, 0.15) is 11.6 Å². The first kappa shape index (κ1) is 14.1. The lowest BCUT2D eigenvalue weighted by molar-refractivity contribution is 0.0159. The average Bonchev–Trinajstić information content (AvgIpc) is 2.79. The molecule has 0 bridgehead atoms. The van der Waals surface area contributed by atoms with Crippen LogP contribution in [0.1, 0.15) is 30.7 Å². The van der Waals surface area contributed by atoms with Crippen LogP contribution in [0.2, 0.25) is 0 Å². The van der Waals surface area contributed by atoms with Gasteiger partial charge in [-0.05, 0) is 41.8 Å². The van der Waals surface area contributed by atoms with Crippen molar-refractivity contribution < 1.29 is 13.9 Å². The minimum absolute atomic E-state index is 0.364. The number of rotatable bonds is 3. The zero-order chi connectivity index (χ0) is 13.3. The maximum absolute atomic E-state index is 13.5. The van der Waals surface area contributed by atoms with E-state index in [2.05, 4.69) is 15.9 Å². The van der Waals surface area contributed by atoms with Crippen molar-refractivity contribution in [3.8, 4) is 5.75 Å². The van der Waals surface area contributed by atoms with Gasteiger partial charge in [0, 0.05) is 18.2 Å². The van der Waals surface area contributed by atoms with Crippen LogP contribution in [0.25, 0.3) is 0 Å². The number of hydrogen-bond donors (Lipinski definition) is 0. The molecule has 1 fully saturated rings. The molecular weight excluding hydrogens is 322 g/mol. The molecule has 0 N–H and O–H groups in total. The number of methoxy groups -OCH3 is 1. The van der Waals surface area contributed by atoms with Crippen molar-refractivity contribution in [2.24, 2.45) is 0 Å². The summed E-state index contributed by atoms with van der Waals surface area (Å²) < 4.78 is 24.8. The Morgan fingerprint density at radius 1 is 1.56 bits per heavy atom. The van der Waals surface area contributed by atoms with Gasteiger partial charge in [-0.3, -0.25) is 0 Å². The van der Waals surface area contributed by atoms with Gasteiger partial charge in [-0.15, -0.1) is 11.6 Å². The molecule has 5 heteroatoms. The smallest absolute Gasteiger partial charge is 0.141 e. The van der Waals surface area contributed by atoms with Gasteiger partial charge in [-0.25, -0.2) is 4.39 Å². The highest BCUT2D eigenvalue weighted by Gasteiger charge is 2.39. The number of alkyl halides is 1. The zero-order valence-electron chi connectivity index (χ0n) is 10.3. The molecule has 0 aromatic heterocycles. The number of ether oxygens (including phenoxy) is 2.